The van der Waals surface area contributed by atoms with E-state index in [0.29, 0.717) is 0 Å². The fourth-order valence-corrected chi connectivity index (χ4v) is 7.80. The van der Waals surface area contributed by atoms with Gasteiger partial charge < -0.3 is 0 Å². The van der Waals surface area contributed by atoms with Crippen molar-refractivity contribution in [1.82, 2.24) is 0 Å². The Morgan fingerprint density at radius 3 is 0.295 bits per heavy atom. The van der Waals surface area contributed by atoms with Gasteiger partial charge in [0.2, 0.25) is 0 Å². The predicted molar refractivity (Wildman–Crippen MR) is 318 cm³/mol. The molecule has 10 aromatic carbocycles. The minimum absolute atomic E-state index is 0.734. The van der Waals surface area contributed by atoms with Crippen molar-refractivity contribution in [3.63, 3.8) is 0 Å². The van der Waals surface area contributed by atoms with E-state index in [4.69, 9.17) is 0 Å². The highest BCUT2D eigenvalue weighted by molar-refractivity contribution is 5.61. The monoisotopic (exact) mass is 978 g/mol. The number of rotatable bonds is 0. The maximum atomic E-state index is 3.45. The van der Waals surface area contributed by atoms with E-state index in [1.54, 1.807) is 0 Å². The average Bonchev–Trinajstić information content (AvgIpc) is 3.50. The summed E-state index contributed by atoms with van der Waals surface area (Å²) in [6, 6.07) is 83.6. The van der Waals surface area contributed by atoms with Crippen LogP contribution in [-0.2, 0) is 0 Å². The van der Waals surface area contributed by atoms with Gasteiger partial charge in [-0.2, -0.15) is 0 Å². The molecule has 0 radical (unpaired) electrons. The highest BCUT2D eigenvalue weighted by atomic mass is 14.1. The van der Waals surface area contributed by atoms with Gasteiger partial charge in [-0.1, -0.05) is 216 Å². The molecule has 0 unspecified atom stereocenters. The van der Waals surface area contributed by atoms with Crippen LogP contribution in [0.2, 0.25) is 0 Å². The third-order valence-electron chi connectivity index (χ3n) is 11.5. The van der Waals surface area contributed by atoms with E-state index in [-0.39, 0.29) is 0 Å². The van der Waals surface area contributed by atoms with E-state index in [2.05, 4.69) is 107 Å². The third-order valence-corrected chi connectivity index (χ3v) is 11.5. The zero-order valence-electron chi connectivity index (χ0n) is 42.2. The Morgan fingerprint density at radius 2 is 0.192 bits per heavy atom. The summed E-state index contributed by atoms with van der Waals surface area (Å²) >= 11 is 0. The molecule has 0 heterocycles. The van der Waals surface area contributed by atoms with Crippen LogP contribution in [0.5, 0.6) is 0 Å². The van der Waals surface area contributed by atoms with Crippen LogP contribution in [0.4, 0.5) is 0 Å². The molecule has 0 bridgehead atoms. The first-order valence-corrected chi connectivity index (χ1v) is 25.1. The predicted octanol–water partition coefficient (Wildman–Crippen LogP) is 14.3. The normalized spacial score (nSPS) is 9.38. The minimum atomic E-state index is 0.734. The van der Waals surface area contributed by atoms with Crippen molar-refractivity contribution in [2.75, 3.05) is 0 Å². The van der Waals surface area contributed by atoms with Crippen molar-refractivity contribution < 1.29 is 0 Å². The number of benzene rings is 10. The molecule has 0 aliphatic carbocycles. The molecular formula is C78H42. The summed E-state index contributed by atoms with van der Waals surface area (Å²) in [7, 11) is 0. The van der Waals surface area contributed by atoms with Crippen molar-refractivity contribution in [2.24, 2.45) is 0 Å². The molecule has 0 heteroatoms. The highest BCUT2D eigenvalue weighted by Gasteiger charge is 2.03. The van der Waals surface area contributed by atoms with Gasteiger partial charge in [0, 0.05) is 100 Å². The molecule has 0 saturated carbocycles. The lowest BCUT2D eigenvalue weighted by Crippen LogP contribution is -1.88. The van der Waals surface area contributed by atoms with Gasteiger partial charge in [-0.15, -0.1) is 0 Å². The van der Waals surface area contributed by atoms with Crippen molar-refractivity contribution >= 4 is 0 Å². The molecular weight excluding hydrogens is 937 g/mol. The molecule has 10 aromatic rings. The molecule has 0 N–H and O–H groups in total. The van der Waals surface area contributed by atoms with Gasteiger partial charge in [-0.05, 0) is 146 Å². The van der Waals surface area contributed by atoms with Crippen LogP contribution in [-0.4, -0.2) is 0 Å². The van der Waals surface area contributed by atoms with Crippen LogP contribution < -0.4 is 0 Å². The summed E-state index contributed by atoms with van der Waals surface area (Å²) in [5.74, 6) is 60.5. The third kappa shape index (κ3) is 15.4. The molecule has 0 saturated heterocycles. The standard InChI is InChI=1S/C78H42/c1-7-19-61(20-8-1)31-37-67-49-68(38-32-62-21-9-2-10-22-62)53-73(52-67)43-46-76-58-77(47-44-74-54-69(39-33-63-23-11-3-12-24-63)50-70(55-74)40-34-64-25-13-4-14-26-64)60-78(59-76)48-45-75-56-71(41-35-65-27-15-5-16-28-65)51-72(57-75)42-36-66-29-17-6-18-30-66/h1-30,49-60H. The molecule has 0 fully saturated rings. The van der Waals surface area contributed by atoms with Crippen molar-refractivity contribution in [2.45, 2.75) is 0 Å². The van der Waals surface area contributed by atoms with Gasteiger partial charge in [0.1, 0.15) is 0 Å². The Morgan fingerprint density at radius 1 is 0.103 bits per heavy atom. The molecule has 0 aliphatic heterocycles. The fourth-order valence-electron chi connectivity index (χ4n) is 7.80. The van der Waals surface area contributed by atoms with E-state index in [1.807, 2.05) is 255 Å². The average molecular weight is 979 g/mol. The van der Waals surface area contributed by atoms with Gasteiger partial charge in [-0.25, -0.2) is 0 Å². The molecule has 354 valence electrons. The number of hydrogen-bond acceptors (Lipinski definition) is 0. The second kappa shape index (κ2) is 25.8. The zero-order chi connectivity index (χ0) is 52.8. The Labute approximate surface area is 459 Å². The lowest BCUT2D eigenvalue weighted by Gasteiger charge is -2.01. The lowest BCUT2D eigenvalue weighted by molar-refractivity contribution is 1.53. The first kappa shape index (κ1) is 49.8. The summed E-state index contributed by atoms with van der Waals surface area (Å²) in [5.41, 5.74) is 14.9. The fraction of sp³-hybridized carbons (Fsp3) is 0. The second-order valence-electron chi connectivity index (χ2n) is 17.6. The van der Waals surface area contributed by atoms with Gasteiger partial charge in [0.05, 0.1) is 0 Å². The van der Waals surface area contributed by atoms with Gasteiger partial charge in [0.15, 0.2) is 0 Å². The first-order valence-electron chi connectivity index (χ1n) is 25.1. The Hall–Kier alpha value is -11.8. The van der Waals surface area contributed by atoms with E-state index in [9.17, 15) is 0 Å². The van der Waals surface area contributed by atoms with E-state index >= 15 is 0 Å². The summed E-state index contributed by atoms with van der Waals surface area (Å²) in [5, 5.41) is 0. The Balaban J connectivity index is 1.07. The van der Waals surface area contributed by atoms with Gasteiger partial charge in [-0.3, -0.25) is 0 Å². The van der Waals surface area contributed by atoms with Crippen molar-refractivity contribution in [3.05, 3.63) is 355 Å². The zero-order valence-corrected chi connectivity index (χ0v) is 42.2. The molecule has 0 aromatic heterocycles. The quantitative estimate of drug-likeness (QED) is 0.133. The van der Waals surface area contributed by atoms with E-state index in [0.717, 1.165) is 100 Å². The molecule has 0 nitrogen and oxygen atoms in total. The lowest BCUT2D eigenvalue weighted by atomic mass is 10.0. The summed E-state index contributed by atoms with van der Waals surface area (Å²) < 4.78 is 0. The molecule has 0 aliphatic rings. The Kier molecular flexibility index (Phi) is 16.4. The molecule has 0 amide bonds. The Bertz CT molecular complexity index is 3720. The molecule has 0 atom stereocenters. The SMILES string of the molecule is C(#Cc1cc(C#Cc2ccccc2)cc(C#Cc2cc(C#Cc3cc(C#Cc4ccccc4)cc(C#Cc4ccccc4)c3)cc(C#Cc3cc(C#Cc4ccccc4)cc(C#Cc4ccccc4)c3)c2)c1)c1ccccc1. The maximum Gasteiger partial charge on any atom is 0.0273 e. The summed E-state index contributed by atoms with van der Waals surface area (Å²) in [4.78, 5) is 0. The minimum Gasteiger partial charge on any atom is -0.0622 e. The van der Waals surface area contributed by atoms with Crippen LogP contribution in [0.3, 0.4) is 0 Å². The molecule has 0 spiro atoms. The van der Waals surface area contributed by atoms with Crippen LogP contribution in [0, 0.1) is 107 Å². The molecule has 10 rings (SSSR count). The van der Waals surface area contributed by atoms with Gasteiger partial charge in [0.25, 0.3) is 0 Å². The number of hydrogen-bond donors (Lipinski definition) is 0. The topological polar surface area (TPSA) is 0 Å². The molecule has 78 heavy (non-hydrogen) atoms. The van der Waals surface area contributed by atoms with Gasteiger partial charge >= 0.3 is 0 Å². The largest absolute Gasteiger partial charge is 0.0622 e. The summed E-state index contributed by atoms with van der Waals surface area (Å²) in [6.07, 6.45) is 0. The first-order chi connectivity index (χ1) is 38.5. The van der Waals surface area contributed by atoms with E-state index < -0.39 is 0 Å². The highest BCUT2D eigenvalue weighted by Crippen LogP contribution is 2.16. The summed E-state index contributed by atoms with van der Waals surface area (Å²) in [6.45, 7) is 0. The second-order valence-corrected chi connectivity index (χ2v) is 17.6. The van der Waals surface area contributed by atoms with Crippen LogP contribution in [0.1, 0.15) is 100 Å². The van der Waals surface area contributed by atoms with E-state index in [1.165, 1.54) is 0 Å². The maximum absolute atomic E-state index is 3.45. The van der Waals surface area contributed by atoms with Crippen LogP contribution >= 0.6 is 0 Å². The van der Waals surface area contributed by atoms with Crippen molar-refractivity contribution in [1.29, 1.82) is 0 Å². The van der Waals surface area contributed by atoms with Crippen LogP contribution in [0.15, 0.2) is 255 Å². The smallest absolute Gasteiger partial charge is 0.0273 e. The van der Waals surface area contributed by atoms with Crippen molar-refractivity contribution in [3.8, 4) is 107 Å². The van der Waals surface area contributed by atoms with Crippen LogP contribution in [0.25, 0.3) is 0 Å².